The lowest BCUT2D eigenvalue weighted by atomic mass is 9.82. The molecule has 1 aromatic heterocycles. The largest absolute Gasteiger partial charge is 0.208 e. The summed E-state index contributed by atoms with van der Waals surface area (Å²) in [4.78, 5) is 15.6. The lowest BCUT2D eigenvalue weighted by molar-refractivity contribution is 0.660. The second-order valence-electron chi connectivity index (χ2n) is 14.1. The van der Waals surface area contributed by atoms with Crippen molar-refractivity contribution in [2.24, 2.45) is 0 Å². The average molecular weight is 652 g/mol. The van der Waals surface area contributed by atoms with Crippen molar-refractivity contribution in [2.45, 2.75) is 19.3 Å². The van der Waals surface area contributed by atoms with Crippen molar-refractivity contribution < 1.29 is 0 Å². The van der Waals surface area contributed by atoms with Crippen LogP contribution in [0.4, 0.5) is 0 Å². The summed E-state index contributed by atoms with van der Waals surface area (Å²) >= 11 is 0. The summed E-state index contributed by atoms with van der Waals surface area (Å²) in [5.74, 6) is 1.99. The first kappa shape index (κ1) is 29.5. The van der Waals surface area contributed by atoms with E-state index >= 15 is 0 Å². The highest BCUT2D eigenvalue weighted by atomic mass is 15.0. The van der Waals surface area contributed by atoms with Crippen LogP contribution in [0.25, 0.3) is 88.7 Å². The highest BCUT2D eigenvalue weighted by Crippen LogP contribution is 2.49. The van der Waals surface area contributed by atoms with Crippen LogP contribution in [-0.4, -0.2) is 15.0 Å². The van der Waals surface area contributed by atoms with Crippen molar-refractivity contribution in [3.8, 4) is 56.4 Å². The molecule has 0 amide bonds. The molecule has 3 nitrogen and oxygen atoms in total. The van der Waals surface area contributed by atoms with Crippen molar-refractivity contribution in [1.82, 2.24) is 15.0 Å². The van der Waals surface area contributed by atoms with Crippen LogP contribution in [0.2, 0.25) is 0 Å². The molecule has 0 radical (unpaired) electrons. The van der Waals surface area contributed by atoms with E-state index in [2.05, 4.69) is 178 Å². The second kappa shape index (κ2) is 11.3. The van der Waals surface area contributed by atoms with Crippen LogP contribution >= 0.6 is 0 Å². The quantitative estimate of drug-likeness (QED) is 0.190. The number of hydrogen-bond donors (Lipinski definition) is 0. The SMILES string of the molecule is CC1(C)c2ccccc2-c2ccc(-c3nc(-c4ccc5ccccc5c4)nc(-c4ccc(-c5ccc6ccccc6c5)c5ccccc45)n3)cc21. The van der Waals surface area contributed by atoms with Crippen LogP contribution in [0, 0.1) is 0 Å². The van der Waals surface area contributed by atoms with E-state index in [0.717, 1.165) is 32.8 Å². The number of nitrogens with zero attached hydrogens (tertiary/aromatic N) is 3. The van der Waals surface area contributed by atoms with E-state index in [-0.39, 0.29) is 5.41 Å². The van der Waals surface area contributed by atoms with Crippen molar-refractivity contribution in [1.29, 1.82) is 0 Å². The summed E-state index contributed by atoms with van der Waals surface area (Å²) in [7, 11) is 0. The van der Waals surface area contributed by atoms with Crippen molar-refractivity contribution in [2.75, 3.05) is 0 Å². The molecule has 8 aromatic carbocycles. The first-order valence-corrected chi connectivity index (χ1v) is 17.5. The number of fused-ring (bicyclic) bond motifs is 6. The van der Waals surface area contributed by atoms with Gasteiger partial charge < -0.3 is 0 Å². The van der Waals surface area contributed by atoms with Crippen LogP contribution in [0.3, 0.4) is 0 Å². The molecule has 240 valence electrons. The van der Waals surface area contributed by atoms with Gasteiger partial charge in [0, 0.05) is 22.1 Å². The average Bonchev–Trinajstić information content (AvgIpc) is 3.42. The Balaban J connectivity index is 1.17. The maximum atomic E-state index is 5.26. The molecule has 1 aliphatic carbocycles. The first-order valence-electron chi connectivity index (χ1n) is 17.5. The molecule has 0 saturated heterocycles. The fourth-order valence-electron chi connectivity index (χ4n) is 8.03. The minimum atomic E-state index is -0.131. The molecule has 1 heterocycles. The molecular formula is C48H33N3. The van der Waals surface area contributed by atoms with Crippen molar-refractivity contribution in [3.05, 3.63) is 175 Å². The van der Waals surface area contributed by atoms with E-state index in [1.807, 2.05) is 0 Å². The molecule has 0 N–H and O–H groups in total. The standard InChI is InChI=1S/C48H33N3/c1-48(2)43-18-10-9-17-40(43)41-24-23-36(29-44(41)48)46-49-45(35-22-20-31-12-4-6-14-33(31)28-35)50-47(51-46)42-26-25-37(38-15-7-8-16-39(38)42)34-21-19-30-11-3-5-13-32(30)27-34/h3-29H,1-2H3. The zero-order chi connectivity index (χ0) is 34.1. The van der Waals surface area contributed by atoms with Gasteiger partial charge in [-0.2, -0.15) is 0 Å². The Morgan fingerprint density at radius 1 is 0.333 bits per heavy atom. The number of aromatic nitrogens is 3. The van der Waals surface area contributed by atoms with Crippen LogP contribution in [-0.2, 0) is 5.41 Å². The zero-order valence-corrected chi connectivity index (χ0v) is 28.4. The molecule has 9 aromatic rings. The third-order valence-corrected chi connectivity index (χ3v) is 10.7. The monoisotopic (exact) mass is 651 g/mol. The minimum Gasteiger partial charge on any atom is -0.208 e. The van der Waals surface area contributed by atoms with E-state index in [0.29, 0.717) is 17.5 Å². The van der Waals surface area contributed by atoms with Gasteiger partial charge in [0.1, 0.15) is 0 Å². The maximum absolute atomic E-state index is 5.26. The number of hydrogen-bond acceptors (Lipinski definition) is 3. The fourth-order valence-corrected chi connectivity index (χ4v) is 8.03. The maximum Gasteiger partial charge on any atom is 0.164 e. The van der Waals surface area contributed by atoms with Crippen LogP contribution in [0.1, 0.15) is 25.0 Å². The highest BCUT2D eigenvalue weighted by Gasteiger charge is 2.35. The van der Waals surface area contributed by atoms with Crippen molar-refractivity contribution in [3.63, 3.8) is 0 Å². The van der Waals surface area contributed by atoms with E-state index in [1.54, 1.807) is 0 Å². The molecule has 0 atom stereocenters. The summed E-state index contributed by atoms with van der Waals surface area (Å²) in [6, 6.07) is 58.5. The lowest BCUT2D eigenvalue weighted by Gasteiger charge is -2.21. The van der Waals surface area contributed by atoms with Gasteiger partial charge >= 0.3 is 0 Å². The predicted octanol–water partition coefficient (Wildman–Crippen LogP) is 12.3. The normalized spacial score (nSPS) is 13.1. The summed E-state index contributed by atoms with van der Waals surface area (Å²) in [5, 5.41) is 7.07. The molecule has 0 saturated carbocycles. The van der Waals surface area contributed by atoms with E-state index in [4.69, 9.17) is 15.0 Å². The van der Waals surface area contributed by atoms with Gasteiger partial charge in [-0.05, 0) is 90.0 Å². The summed E-state index contributed by atoms with van der Waals surface area (Å²) in [6.07, 6.45) is 0. The predicted molar refractivity (Wildman–Crippen MR) is 212 cm³/mol. The molecule has 1 aliphatic rings. The van der Waals surface area contributed by atoms with Gasteiger partial charge in [0.2, 0.25) is 0 Å². The van der Waals surface area contributed by atoms with Crippen LogP contribution in [0.5, 0.6) is 0 Å². The topological polar surface area (TPSA) is 38.7 Å². The minimum absolute atomic E-state index is 0.131. The zero-order valence-electron chi connectivity index (χ0n) is 28.4. The summed E-state index contributed by atoms with van der Waals surface area (Å²) in [5.41, 5.74) is 10.4. The Bertz CT molecular complexity index is 2850. The highest BCUT2D eigenvalue weighted by molar-refractivity contribution is 6.05. The molecule has 0 fully saturated rings. The van der Waals surface area contributed by atoms with Gasteiger partial charge in [0.25, 0.3) is 0 Å². The molecule has 3 heteroatoms. The van der Waals surface area contributed by atoms with E-state index in [1.165, 1.54) is 49.5 Å². The fraction of sp³-hybridized carbons (Fsp3) is 0.0625. The van der Waals surface area contributed by atoms with Gasteiger partial charge in [-0.15, -0.1) is 0 Å². The molecule has 10 rings (SSSR count). The van der Waals surface area contributed by atoms with Crippen molar-refractivity contribution >= 4 is 32.3 Å². The smallest absolute Gasteiger partial charge is 0.164 e. The Kier molecular flexibility index (Phi) is 6.53. The Labute approximate surface area is 297 Å². The van der Waals surface area contributed by atoms with Gasteiger partial charge in [0.15, 0.2) is 17.5 Å². The first-order chi connectivity index (χ1) is 25.0. The third-order valence-electron chi connectivity index (χ3n) is 10.7. The van der Waals surface area contributed by atoms with Crippen LogP contribution < -0.4 is 0 Å². The summed E-state index contributed by atoms with van der Waals surface area (Å²) < 4.78 is 0. The van der Waals surface area contributed by atoms with Gasteiger partial charge in [0.05, 0.1) is 0 Å². The number of benzene rings is 8. The molecule has 0 bridgehead atoms. The second-order valence-corrected chi connectivity index (χ2v) is 14.1. The van der Waals surface area contributed by atoms with Gasteiger partial charge in [-0.3, -0.25) is 0 Å². The van der Waals surface area contributed by atoms with E-state index < -0.39 is 0 Å². The van der Waals surface area contributed by atoms with Gasteiger partial charge in [-0.1, -0.05) is 153 Å². The number of rotatable bonds is 4. The Morgan fingerprint density at radius 2 is 0.804 bits per heavy atom. The summed E-state index contributed by atoms with van der Waals surface area (Å²) in [6.45, 7) is 4.62. The Hall–Kier alpha value is -6.45. The molecular weight excluding hydrogens is 619 g/mol. The lowest BCUT2D eigenvalue weighted by Crippen LogP contribution is -2.15. The molecule has 0 aliphatic heterocycles. The molecule has 0 unspecified atom stereocenters. The van der Waals surface area contributed by atoms with Crippen LogP contribution in [0.15, 0.2) is 164 Å². The third kappa shape index (κ3) is 4.77. The molecule has 51 heavy (non-hydrogen) atoms. The van der Waals surface area contributed by atoms with E-state index in [9.17, 15) is 0 Å². The van der Waals surface area contributed by atoms with Gasteiger partial charge in [-0.25, -0.2) is 15.0 Å². The molecule has 0 spiro atoms. The Morgan fingerprint density at radius 3 is 1.53 bits per heavy atom.